The number of ether oxygens (including phenoxy) is 1. The van der Waals surface area contributed by atoms with Crippen molar-refractivity contribution in [1.82, 2.24) is 20.5 Å². The standard InChI is InChI=1S/C29H38N4O5/c1-3-30-15-25(35)22(13-17-7-5-11-24(17)34)32-28(36)27-19-9-4-8-18(19)16-33(27)29(37)23-14-20-21(31-23)10-6-12-26(20)38-2/h6,10,12,14,17-19,22,27,30-31H,3-5,7-9,11,13,15-16H2,1-2H3,(H,32,36). The van der Waals surface area contributed by atoms with Gasteiger partial charge in [-0.3, -0.25) is 19.2 Å². The van der Waals surface area contributed by atoms with Crippen molar-refractivity contribution in [1.29, 1.82) is 0 Å². The van der Waals surface area contributed by atoms with E-state index in [9.17, 15) is 19.2 Å². The highest BCUT2D eigenvalue weighted by atomic mass is 16.5. The van der Waals surface area contributed by atoms with Crippen molar-refractivity contribution < 1.29 is 23.9 Å². The third kappa shape index (κ3) is 5.08. The van der Waals surface area contributed by atoms with Crippen molar-refractivity contribution in [2.75, 3.05) is 26.7 Å². The van der Waals surface area contributed by atoms with Crippen molar-refractivity contribution in [3.05, 3.63) is 30.0 Å². The van der Waals surface area contributed by atoms with Crippen LogP contribution in [-0.2, 0) is 14.4 Å². The number of hydrogen-bond donors (Lipinski definition) is 3. The van der Waals surface area contributed by atoms with Crippen LogP contribution in [0.4, 0.5) is 0 Å². The molecule has 5 rings (SSSR count). The van der Waals surface area contributed by atoms with Crippen LogP contribution in [0.2, 0.25) is 0 Å². The molecular weight excluding hydrogens is 484 g/mol. The minimum absolute atomic E-state index is 0.0653. The Balaban J connectivity index is 1.39. The van der Waals surface area contributed by atoms with Crippen LogP contribution in [-0.4, -0.2) is 72.1 Å². The van der Waals surface area contributed by atoms with E-state index in [1.54, 1.807) is 18.1 Å². The molecular formula is C29H38N4O5. The number of carbonyl (C=O) groups excluding carboxylic acids is 4. The van der Waals surface area contributed by atoms with Gasteiger partial charge in [0.05, 0.1) is 19.7 Å². The van der Waals surface area contributed by atoms with Gasteiger partial charge >= 0.3 is 0 Å². The van der Waals surface area contributed by atoms with Gasteiger partial charge in [-0.1, -0.05) is 19.4 Å². The summed E-state index contributed by atoms with van der Waals surface area (Å²) in [6.07, 6.45) is 5.34. The molecule has 2 amide bonds. The highest BCUT2D eigenvalue weighted by Gasteiger charge is 2.50. The average molecular weight is 523 g/mol. The number of likely N-dealkylation sites (N-methyl/N-ethyl adjacent to an activating group) is 1. The Morgan fingerprint density at radius 2 is 2.03 bits per heavy atom. The van der Waals surface area contributed by atoms with Gasteiger partial charge in [0.15, 0.2) is 5.78 Å². The number of fused-ring (bicyclic) bond motifs is 2. The van der Waals surface area contributed by atoms with E-state index in [1.807, 2.05) is 25.1 Å². The molecule has 2 heterocycles. The van der Waals surface area contributed by atoms with Crippen LogP contribution in [0.25, 0.3) is 10.9 Å². The molecule has 1 aliphatic heterocycles. The number of aromatic nitrogens is 1. The predicted molar refractivity (Wildman–Crippen MR) is 143 cm³/mol. The second-order valence-corrected chi connectivity index (χ2v) is 11.0. The van der Waals surface area contributed by atoms with Crippen LogP contribution in [0.3, 0.4) is 0 Å². The summed E-state index contributed by atoms with van der Waals surface area (Å²) in [6.45, 7) is 3.21. The van der Waals surface area contributed by atoms with E-state index >= 15 is 0 Å². The van der Waals surface area contributed by atoms with E-state index in [0.29, 0.717) is 37.4 Å². The molecule has 0 bridgehead atoms. The second kappa shape index (κ2) is 11.3. The lowest BCUT2D eigenvalue weighted by Gasteiger charge is -2.29. The lowest BCUT2D eigenvalue weighted by atomic mass is 9.91. The first-order valence-electron chi connectivity index (χ1n) is 13.9. The molecule has 1 saturated heterocycles. The SMILES string of the molecule is CCNCC(=O)C(CC1CCCC1=O)NC(=O)C1C2CCCC2CN1C(=O)c1cc2c(OC)cccc2[nH]1. The largest absolute Gasteiger partial charge is 0.496 e. The number of carbonyl (C=O) groups is 4. The van der Waals surface area contributed by atoms with E-state index < -0.39 is 12.1 Å². The number of likely N-dealkylation sites (tertiary alicyclic amines) is 1. The second-order valence-electron chi connectivity index (χ2n) is 11.0. The summed E-state index contributed by atoms with van der Waals surface area (Å²) >= 11 is 0. The normalized spacial score (nSPS) is 25.5. The monoisotopic (exact) mass is 522 g/mol. The fourth-order valence-electron chi connectivity index (χ4n) is 6.75. The topological polar surface area (TPSA) is 121 Å². The number of methoxy groups -OCH3 is 1. The minimum Gasteiger partial charge on any atom is -0.496 e. The molecule has 9 nitrogen and oxygen atoms in total. The van der Waals surface area contributed by atoms with E-state index in [1.165, 1.54) is 0 Å². The van der Waals surface area contributed by atoms with Crippen molar-refractivity contribution in [2.45, 2.75) is 64.0 Å². The van der Waals surface area contributed by atoms with Gasteiger partial charge in [0.1, 0.15) is 23.3 Å². The maximum absolute atomic E-state index is 13.9. The molecule has 2 saturated carbocycles. The Kier molecular flexibility index (Phi) is 7.83. The number of nitrogens with zero attached hydrogens (tertiary/aromatic N) is 1. The maximum Gasteiger partial charge on any atom is 0.271 e. The van der Waals surface area contributed by atoms with Crippen molar-refractivity contribution in [2.24, 2.45) is 17.8 Å². The molecule has 2 aliphatic carbocycles. The highest BCUT2D eigenvalue weighted by Crippen LogP contribution is 2.43. The average Bonchev–Trinajstić information content (AvgIpc) is 3.69. The van der Waals surface area contributed by atoms with E-state index in [-0.39, 0.29) is 47.7 Å². The van der Waals surface area contributed by atoms with E-state index in [0.717, 1.165) is 43.0 Å². The molecule has 9 heteroatoms. The van der Waals surface area contributed by atoms with E-state index in [4.69, 9.17) is 4.74 Å². The summed E-state index contributed by atoms with van der Waals surface area (Å²) < 4.78 is 5.45. The van der Waals surface area contributed by atoms with Gasteiger partial charge in [-0.25, -0.2) is 0 Å². The molecule has 2 aromatic rings. The Morgan fingerprint density at radius 1 is 1.18 bits per heavy atom. The predicted octanol–water partition coefficient (Wildman–Crippen LogP) is 2.84. The molecule has 3 fully saturated rings. The van der Waals surface area contributed by atoms with Gasteiger partial charge in [-0.2, -0.15) is 0 Å². The number of rotatable bonds is 10. The third-order valence-electron chi connectivity index (χ3n) is 8.70. The van der Waals surface area contributed by atoms with Crippen molar-refractivity contribution >= 4 is 34.3 Å². The Hall–Kier alpha value is -3.20. The summed E-state index contributed by atoms with van der Waals surface area (Å²) in [7, 11) is 1.60. The van der Waals surface area contributed by atoms with Crippen molar-refractivity contribution in [3.63, 3.8) is 0 Å². The zero-order chi connectivity index (χ0) is 26.8. The van der Waals surface area contributed by atoms with Gasteiger partial charge in [0.25, 0.3) is 5.91 Å². The first kappa shape index (κ1) is 26.4. The summed E-state index contributed by atoms with van der Waals surface area (Å²) in [5.41, 5.74) is 1.21. The minimum atomic E-state index is -0.747. The lowest BCUT2D eigenvalue weighted by molar-refractivity contribution is -0.131. The number of aromatic amines is 1. The molecule has 5 unspecified atom stereocenters. The molecule has 1 aromatic heterocycles. The maximum atomic E-state index is 13.9. The molecule has 5 atom stereocenters. The third-order valence-corrected chi connectivity index (χ3v) is 8.70. The van der Waals surface area contributed by atoms with Gasteiger partial charge in [-0.05, 0) is 68.7 Å². The molecule has 1 aromatic carbocycles. The van der Waals surface area contributed by atoms with Gasteiger partial charge in [0.2, 0.25) is 5.91 Å². The van der Waals surface area contributed by atoms with Crippen LogP contribution in [0.1, 0.15) is 62.4 Å². The van der Waals surface area contributed by atoms with Crippen LogP contribution >= 0.6 is 0 Å². The Bertz CT molecular complexity index is 1220. The zero-order valence-electron chi connectivity index (χ0n) is 22.3. The van der Waals surface area contributed by atoms with Crippen LogP contribution < -0.4 is 15.4 Å². The number of amides is 2. The molecule has 0 radical (unpaired) electrons. The number of Topliss-reactive ketones (excluding diaryl/α,β-unsaturated/α-hetero) is 2. The molecule has 3 aliphatic rings. The first-order valence-corrected chi connectivity index (χ1v) is 13.9. The highest BCUT2D eigenvalue weighted by molar-refractivity contribution is 6.02. The number of benzene rings is 1. The first-order chi connectivity index (χ1) is 18.4. The Labute approximate surface area is 223 Å². The summed E-state index contributed by atoms with van der Waals surface area (Å²) in [5, 5.41) is 6.87. The summed E-state index contributed by atoms with van der Waals surface area (Å²) in [5.74, 6) is 0.337. The van der Waals surface area contributed by atoms with Crippen LogP contribution in [0, 0.1) is 17.8 Å². The lowest BCUT2D eigenvalue weighted by Crippen LogP contribution is -2.54. The van der Waals surface area contributed by atoms with E-state index in [2.05, 4.69) is 15.6 Å². The number of ketones is 2. The summed E-state index contributed by atoms with van der Waals surface area (Å²) in [6, 6.07) is 6.00. The smallest absolute Gasteiger partial charge is 0.271 e. The fourth-order valence-corrected chi connectivity index (χ4v) is 6.75. The zero-order valence-corrected chi connectivity index (χ0v) is 22.3. The van der Waals surface area contributed by atoms with Crippen molar-refractivity contribution in [3.8, 4) is 5.75 Å². The van der Waals surface area contributed by atoms with Gasteiger partial charge in [-0.15, -0.1) is 0 Å². The number of nitrogens with one attached hydrogen (secondary N) is 3. The van der Waals surface area contributed by atoms with Crippen LogP contribution in [0.5, 0.6) is 5.75 Å². The van der Waals surface area contributed by atoms with Crippen LogP contribution in [0.15, 0.2) is 24.3 Å². The molecule has 3 N–H and O–H groups in total. The number of hydrogen-bond acceptors (Lipinski definition) is 6. The summed E-state index contributed by atoms with van der Waals surface area (Å²) in [4.78, 5) is 58.0. The van der Waals surface area contributed by atoms with Gasteiger partial charge < -0.3 is 25.3 Å². The quantitative estimate of drug-likeness (QED) is 0.441. The molecule has 38 heavy (non-hydrogen) atoms. The fraction of sp³-hybridized carbons (Fsp3) is 0.586. The molecule has 204 valence electrons. The Morgan fingerprint density at radius 3 is 2.76 bits per heavy atom. The van der Waals surface area contributed by atoms with Gasteiger partial charge in [0, 0.05) is 29.8 Å². The molecule has 0 spiro atoms. The number of H-pyrrole nitrogens is 1.